The Kier molecular flexibility index (Phi) is 5.99. The predicted octanol–water partition coefficient (Wildman–Crippen LogP) is 1.96. The molecule has 0 aliphatic rings. The Bertz CT molecular complexity index is 780. The highest BCUT2D eigenvalue weighted by molar-refractivity contribution is 5.95. The number of para-hydroxylation sites is 1. The zero-order valence-corrected chi connectivity index (χ0v) is 12.9. The van der Waals surface area contributed by atoms with Crippen LogP contribution in [0.3, 0.4) is 0 Å². The summed E-state index contributed by atoms with van der Waals surface area (Å²) >= 11 is 0. The van der Waals surface area contributed by atoms with Crippen LogP contribution in [0, 0.1) is 15.9 Å². The van der Waals surface area contributed by atoms with Gasteiger partial charge in [-0.2, -0.15) is 0 Å². The smallest absolute Gasteiger partial charge is 0.269 e. The normalized spacial score (nSPS) is 9.96. The number of benzene rings is 2. The van der Waals surface area contributed by atoms with Crippen LogP contribution in [0.1, 0.15) is 16.8 Å². The van der Waals surface area contributed by atoms with Crippen molar-refractivity contribution in [1.82, 2.24) is 10.9 Å². The minimum absolute atomic E-state index is 0.0326. The second-order valence-electron chi connectivity index (χ2n) is 4.84. The summed E-state index contributed by atoms with van der Waals surface area (Å²) in [5.74, 6) is -1.66. The summed E-state index contributed by atoms with van der Waals surface area (Å²) in [6, 6.07) is 10.7. The highest BCUT2D eigenvalue weighted by Gasteiger charge is 2.10. The number of carbonyl (C=O) groups is 2. The van der Waals surface area contributed by atoms with Crippen LogP contribution >= 0.6 is 0 Å². The predicted molar refractivity (Wildman–Crippen MR) is 85.2 cm³/mol. The molecule has 2 rings (SSSR count). The number of halogens is 1. The van der Waals surface area contributed by atoms with Crippen molar-refractivity contribution < 1.29 is 23.6 Å². The fourth-order valence-corrected chi connectivity index (χ4v) is 1.81. The van der Waals surface area contributed by atoms with Crippen LogP contribution < -0.4 is 15.6 Å². The molecule has 0 aliphatic heterocycles. The van der Waals surface area contributed by atoms with E-state index in [4.69, 9.17) is 4.74 Å². The molecule has 2 N–H and O–H groups in total. The molecule has 25 heavy (non-hydrogen) atoms. The Balaban J connectivity index is 1.74. The molecule has 0 fully saturated rings. The Morgan fingerprint density at radius 3 is 2.40 bits per heavy atom. The number of carbonyl (C=O) groups excluding carboxylic acids is 2. The van der Waals surface area contributed by atoms with Crippen molar-refractivity contribution in [3.05, 3.63) is 70.0 Å². The first-order valence-electron chi connectivity index (χ1n) is 7.18. The van der Waals surface area contributed by atoms with Gasteiger partial charge in [0, 0.05) is 17.7 Å². The van der Waals surface area contributed by atoms with E-state index in [0.717, 1.165) is 0 Å². The molecule has 0 bridgehead atoms. The summed E-state index contributed by atoms with van der Waals surface area (Å²) in [6.45, 7) is -0.0693. The van der Waals surface area contributed by atoms with Crippen molar-refractivity contribution in [3.8, 4) is 5.75 Å². The molecule has 0 atom stereocenters. The first kappa shape index (κ1) is 17.9. The quantitative estimate of drug-likeness (QED) is 0.613. The van der Waals surface area contributed by atoms with E-state index in [2.05, 4.69) is 10.9 Å². The maximum absolute atomic E-state index is 13.3. The fraction of sp³-hybridized carbons (Fsp3) is 0.125. The SMILES string of the molecule is O=C(CCOc1ccccc1F)NNC(=O)c1ccc([N+](=O)[O-])cc1. The lowest BCUT2D eigenvalue weighted by Gasteiger charge is -2.09. The average molecular weight is 347 g/mol. The fourth-order valence-electron chi connectivity index (χ4n) is 1.81. The lowest BCUT2D eigenvalue weighted by atomic mass is 10.2. The minimum Gasteiger partial charge on any atom is -0.490 e. The number of nitrogens with zero attached hydrogens (tertiary/aromatic N) is 1. The van der Waals surface area contributed by atoms with Crippen molar-refractivity contribution in [2.24, 2.45) is 0 Å². The molecule has 0 aromatic heterocycles. The zero-order valence-electron chi connectivity index (χ0n) is 12.9. The van der Waals surface area contributed by atoms with E-state index in [9.17, 15) is 24.1 Å². The van der Waals surface area contributed by atoms with Crippen molar-refractivity contribution >= 4 is 17.5 Å². The molecule has 0 aliphatic carbocycles. The van der Waals surface area contributed by atoms with Gasteiger partial charge in [-0.25, -0.2) is 4.39 Å². The molecule has 8 nitrogen and oxygen atoms in total. The number of nitro groups is 1. The number of ether oxygens (including phenoxy) is 1. The summed E-state index contributed by atoms with van der Waals surface area (Å²) in [4.78, 5) is 33.4. The van der Waals surface area contributed by atoms with Gasteiger partial charge in [0.2, 0.25) is 5.91 Å². The van der Waals surface area contributed by atoms with Gasteiger partial charge in [-0.3, -0.25) is 30.6 Å². The van der Waals surface area contributed by atoms with Gasteiger partial charge in [0.05, 0.1) is 18.0 Å². The molecule has 9 heteroatoms. The van der Waals surface area contributed by atoms with Gasteiger partial charge < -0.3 is 4.74 Å². The summed E-state index contributed by atoms with van der Waals surface area (Å²) in [7, 11) is 0. The highest BCUT2D eigenvalue weighted by atomic mass is 19.1. The highest BCUT2D eigenvalue weighted by Crippen LogP contribution is 2.15. The van der Waals surface area contributed by atoms with Crippen LogP contribution in [0.2, 0.25) is 0 Å². The summed E-state index contributed by atoms with van der Waals surface area (Å²) in [5.41, 5.74) is 4.34. The zero-order chi connectivity index (χ0) is 18.2. The second-order valence-corrected chi connectivity index (χ2v) is 4.84. The molecule has 2 aromatic carbocycles. The number of rotatable bonds is 6. The van der Waals surface area contributed by atoms with Gasteiger partial charge >= 0.3 is 0 Å². The standard InChI is InChI=1S/C16H14FN3O5/c17-13-3-1-2-4-14(13)25-10-9-15(21)18-19-16(22)11-5-7-12(8-6-11)20(23)24/h1-8H,9-10H2,(H,18,21)(H,19,22). The number of nitrogens with one attached hydrogen (secondary N) is 2. The number of amides is 2. The second kappa shape index (κ2) is 8.39. The number of hydrogen-bond acceptors (Lipinski definition) is 5. The van der Waals surface area contributed by atoms with E-state index < -0.39 is 22.6 Å². The largest absolute Gasteiger partial charge is 0.490 e. The van der Waals surface area contributed by atoms with Crippen LogP contribution in [0.25, 0.3) is 0 Å². The van der Waals surface area contributed by atoms with Gasteiger partial charge in [0.1, 0.15) is 0 Å². The van der Waals surface area contributed by atoms with E-state index in [1.54, 1.807) is 6.07 Å². The molecular weight excluding hydrogens is 333 g/mol. The molecule has 0 heterocycles. The molecule has 0 saturated carbocycles. The molecule has 0 saturated heterocycles. The molecule has 2 aromatic rings. The van der Waals surface area contributed by atoms with Crippen LogP contribution in [0.5, 0.6) is 5.75 Å². The van der Waals surface area contributed by atoms with E-state index >= 15 is 0 Å². The molecule has 0 unspecified atom stereocenters. The van der Waals surface area contributed by atoms with Crippen LogP contribution in [0.4, 0.5) is 10.1 Å². The average Bonchev–Trinajstić information content (AvgIpc) is 2.61. The Morgan fingerprint density at radius 1 is 1.08 bits per heavy atom. The maximum Gasteiger partial charge on any atom is 0.269 e. The van der Waals surface area contributed by atoms with Crippen molar-refractivity contribution in [2.45, 2.75) is 6.42 Å². The number of hydrazine groups is 1. The Labute approximate surface area is 141 Å². The Hall–Kier alpha value is -3.49. The van der Waals surface area contributed by atoms with Crippen LogP contribution in [0.15, 0.2) is 48.5 Å². The van der Waals surface area contributed by atoms with E-state index in [0.29, 0.717) is 0 Å². The van der Waals surface area contributed by atoms with E-state index in [-0.39, 0.29) is 30.0 Å². The summed E-state index contributed by atoms with van der Waals surface area (Å²) in [6.07, 6.45) is -0.102. The number of hydrogen-bond donors (Lipinski definition) is 2. The first-order valence-corrected chi connectivity index (χ1v) is 7.18. The summed E-state index contributed by atoms with van der Waals surface area (Å²) in [5, 5.41) is 10.5. The lowest BCUT2D eigenvalue weighted by Crippen LogP contribution is -2.42. The number of nitro benzene ring substituents is 1. The van der Waals surface area contributed by atoms with E-state index in [1.807, 2.05) is 0 Å². The Morgan fingerprint density at radius 2 is 1.76 bits per heavy atom. The van der Waals surface area contributed by atoms with Crippen molar-refractivity contribution in [2.75, 3.05) is 6.61 Å². The van der Waals surface area contributed by atoms with Crippen molar-refractivity contribution in [3.63, 3.8) is 0 Å². The third kappa shape index (κ3) is 5.27. The van der Waals surface area contributed by atoms with Crippen LogP contribution in [-0.4, -0.2) is 23.3 Å². The topological polar surface area (TPSA) is 111 Å². The lowest BCUT2D eigenvalue weighted by molar-refractivity contribution is -0.384. The maximum atomic E-state index is 13.3. The molecule has 0 spiro atoms. The molecule has 0 radical (unpaired) electrons. The van der Waals surface area contributed by atoms with Gasteiger partial charge in [-0.05, 0) is 24.3 Å². The summed E-state index contributed by atoms with van der Waals surface area (Å²) < 4.78 is 18.4. The van der Waals surface area contributed by atoms with Crippen LogP contribution in [-0.2, 0) is 4.79 Å². The molecule has 2 amide bonds. The molecular formula is C16H14FN3O5. The van der Waals surface area contributed by atoms with Gasteiger partial charge in [0.15, 0.2) is 11.6 Å². The van der Waals surface area contributed by atoms with Gasteiger partial charge in [0.25, 0.3) is 11.6 Å². The molecule has 130 valence electrons. The van der Waals surface area contributed by atoms with Crippen molar-refractivity contribution in [1.29, 1.82) is 0 Å². The van der Waals surface area contributed by atoms with Gasteiger partial charge in [-0.15, -0.1) is 0 Å². The number of non-ortho nitro benzene ring substituents is 1. The third-order valence-electron chi connectivity index (χ3n) is 3.08. The van der Waals surface area contributed by atoms with Gasteiger partial charge in [-0.1, -0.05) is 12.1 Å². The minimum atomic E-state index is -0.627. The first-order chi connectivity index (χ1) is 12.0. The third-order valence-corrected chi connectivity index (χ3v) is 3.08. The van der Waals surface area contributed by atoms with E-state index in [1.165, 1.54) is 42.5 Å². The monoisotopic (exact) mass is 347 g/mol.